The molecule has 54 valence electrons. The van der Waals surface area contributed by atoms with Crippen molar-refractivity contribution in [3.63, 3.8) is 0 Å². The van der Waals surface area contributed by atoms with E-state index in [1.165, 1.54) is 25.7 Å². The summed E-state index contributed by atoms with van der Waals surface area (Å²) in [7, 11) is 0.571. The van der Waals surface area contributed by atoms with Gasteiger partial charge in [0.25, 0.3) is 0 Å². The highest BCUT2D eigenvalue weighted by Gasteiger charge is 2.19. The Bertz CT molecular complexity index is 108. The lowest BCUT2D eigenvalue weighted by Gasteiger charge is -1.92. The fourth-order valence-corrected chi connectivity index (χ4v) is 1.55. The van der Waals surface area contributed by atoms with Gasteiger partial charge in [0.15, 0.2) is 0 Å². The first-order chi connectivity index (χ1) is 4.29. The molecular formula is C8H16S. The lowest BCUT2D eigenvalue weighted by molar-refractivity contribution is 0.767. The lowest BCUT2D eigenvalue weighted by atomic mass is 10.2. The summed E-state index contributed by atoms with van der Waals surface area (Å²) in [5.74, 6) is 1.12. The predicted octanol–water partition coefficient (Wildman–Crippen LogP) is 2.51. The van der Waals surface area contributed by atoms with Crippen LogP contribution >= 0.6 is 10.5 Å². The molecule has 0 aliphatic heterocycles. The summed E-state index contributed by atoms with van der Waals surface area (Å²) >= 11 is 0. The molecule has 0 heterocycles. The Balaban J connectivity index is 1.97. The lowest BCUT2D eigenvalue weighted by Crippen LogP contribution is -1.78. The van der Waals surface area contributed by atoms with E-state index in [-0.39, 0.29) is 0 Å². The third-order valence-electron chi connectivity index (χ3n) is 1.72. The van der Waals surface area contributed by atoms with Crippen LogP contribution in [0.2, 0.25) is 0 Å². The first-order valence-corrected chi connectivity index (χ1v) is 5.79. The molecule has 0 unspecified atom stereocenters. The van der Waals surface area contributed by atoms with Gasteiger partial charge in [0.1, 0.15) is 0 Å². The summed E-state index contributed by atoms with van der Waals surface area (Å²) in [4.78, 5) is 0. The highest BCUT2D eigenvalue weighted by atomic mass is 32.2. The summed E-state index contributed by atoms with van der Waals surface area (Å²) in [6.45, 7) is 0. The Hall–Kier alpha value is 0.220. The summed E-state index contributed by atoms with van der Waals surface area (Å²) in [5, 5.41) is 2.46. The van der Waals surface area contributed by atoms with Gasteiger partial charge in [-0.3, -0.25) is 0 Å². The fourth-order valence-electron chi connectivity index (χ4n) is 0.946. The molecule has 0 bridgehead atoms. The predicted molar refractivity (Wildman–Crippen MR) is 47.5 cm³/mol. The number of hydrogen-bond acceptors (Lipinski definition) is 0. The molecular weight excluding hydrogens is 128 g/mol. The highest BCUT2D eigenvalue weighted by molar-refractivity contribution is 8.13. The molecule has 0 aromatic rings. The van der Waals surface area contributed by atoms with E-state index in [9.17, 15) is 0 Å². The largest absolute Gasteiger partial charge is 0.196 e. The van der Waals surface area contributed by atoms with Gasteiger partial charge in [-0.2, -0.15) is 10.5 Å². The Morgan fingerprint density at radius 1 is 1.44 bits per heavy atom. The van der Waals surface area contributed by atoms with Crippen LogP contribution in [-0.4, -0.2) is 17.9 Å². The second-order valence-corrected chi connectivity index (χ2v) is 5.16. The van der Waals surface area contributed by atoms with E-state index in [0.29, 0.717) is 10.5 Å². The van der Waals surface area contributed by atoms with Crippen molar-refractivity contribution in [3.8, 4) is 0 Å². The van der Waals surface area contributed by atoms with Gasteiger partial charge >= 0.3 is 0 Å². The monoisotopic (exact) mass is 144 g/mol. The second-order valence-electron chi connectivity index (χ2n) is 3.07. The van der Waals surface area contributed by atoms with Crippen LogP contribution in [0.15, 0.2) is 0 Å². The highest BCUT2D eigenvalue weighted by Crippen LogP contribution is 2.33. The van der Waals surface area contributed by atoms with E-state index < -0.39 is 0 Å². The van der Waals surface area contributed by atoms with Crippen LogP contribution in [0.5, 0.6) is 0 Å². The van der Waals surface area contributed by atoms with Crippen molar-refractivity contribution in [1.29, 1.82) is 0 Å². The van der Waals surface area contributed by atoms with Gasteiger partial charge in [-0.05, 0) is 31.3 Å². The van der Waals surface area contributed by atoms with E-state index in [1.54, 1.807) is 0 Å². The molecule has 0 aromatic carbocycles. The molecule has 9 heavy (non-hydrogen) atoms. The van der Waals surface area contributed by atoms with Gasteiger partial charge in [0, 0.05) is 0 Å². The molecule has 1 heteroatoms. The molecule has 1 saturated carbocycles. The van der Waals surface area contributed by atoms with E-state index in [0.717, 1.165) is 5.92 Å². The van der Waals surface area contributed by atoms with Gasteiger partial charge in [-0.25, -0.2) is 0 Å². The first-order valence-electron chi connectivity index (χ1n) is 3.69. The standard InChI is InChI=1S/C8H16S/c1-9(2)7-3-4-8-5-6-8/h7-8H,3-6H2,1-2H3. The Morgan fingerprint density at radius 2 is 2.11 bits per heavy atom. The van der Waals surface area contributed by atoms with Gasteiger partial charge < -0.3 is 0 Å². The topological polar surface area (TPSA) is 0 Å². The minimum Gasteiger partial charge on any atom is -0.196 e. The van der Waals surface area contributed by atoms with Crippen LogP contribution in [0.1, 0.15) is 25.7 Å². The van der Waals surface area contributed by atoms with Crippen molar-refractivity contribution in [1.82, 2.24) is 0 Å². The molecule has 1 rings (SSSR count). The second kappa shape index (κ2) is 3.40. The summed E-state index contributed by atoms with van der Waals surface area (Å²) < 4.78 is 0. The van der Waals surface area contributed by atoms with Crippen LogP contribution in [-0.2, 0) is 0 Å². The molecule has 1 fully saturated rings. The summed E-state index contributed by atoms with van der Waals surface area (Å²) in [6, 6.07) is 0. The first kappa shape index (κ1) is 7.33. The average molecular weight is 144 g/mol. The molecule has 0 saturated heterocycles. The maximum Gasteiger partial charge on any atom is -0.0239 e. The van der Waals surface area contributed by atoms with Crippen molar-refractivity contribution < 1.29 is 0 Å². The van der Waals surface area contributed by atoms with Gasteiger partial charge in [-0.1, -0.05) is 18.2 Å². The van der Waals surface area contributed by atoms with E-state index in [2.05, 4.69) is 17.9 Å². The molecule has 0 N–H and O–H groups in total. The zero-order valence-electron chi connectivity index (χ0n) is 6.39. The molecule has 0 amide bonds. The quantitative estimate of drug-likeness (QED) is 0.534. The SMILES string of the molecule is CS(C)=CCCC1CC1. The maximum atomic E-state index is 2.46. The van der Waals surface area contributed by atoms with Crippen molar-refractivity contribution in [2.75, 3.05) is 12.5 Å². The number of rotatable bonds is 3. The summed E-state index contributed by atoms with van der Waals surface area (Å²) in [6.07, 6.45) is 10.4. The Kier molecular flexibility index (Phi) is 2.77. The number of hydrogen-bond donors (Lipinski definition) is 0. The zero-order chi connectivity index (χ0) is 6.69. The van der Waals surface area contributed by atoms with Gasteiger partial charge in [0.2, 0.25) is 0 Å². The molecule has 0 nitrogen and oxygen atoms in total. The normalized spacial score (nSPS) is 18.6. The van der Waals surface area contributed by atoms with Gasteiger partial charge in [0.05, 0.1) is 0 Å². The van der Waals surface area contributed by atoms with Crippen LogP contribution in [0.25, 0.3) is 0 Å². The van der Waals surface area contributed by atoms with E-state index in [4.69, 9.17) is 0 Å². The molecule has 0 aromatic heterocycles. The van der Waals surface area contributed by atoms with Crippen molar-refractivity contribution in [2.45, 2.75) is 25.7 Å². The average Bonchev–Trinajstić information content (AvgIpc) is 2.48. The van der Waals surface area contributed by atoms with Gasteiger partial charge in [-0.15, -0.1) is 0 Å². The molecule has 1 aliphatic carbocycles. The van der Waals surface area contributed by atoms with Crippen molar-refractivity contribution in [3.05, 3.63) is 0 Å². The molecule has 1 aliphatic rings. The zero-order valence-corrected chi connectivity index (χ0v) is 7.21. The molecule has 0 atom stereocenters. The van der Waals surface area contributed by atoms with E-state index >= 15 is 0 Å². The minimum absolute atomic E-state index is 0.571. The van der Waals surface area contributed by atoms with Crippen LogP contribution in [0, 0.1) is 5.92 Å². The van der Waals surface area contributed by atoms with Crippen molar-refractivity contribution >= 4 is 15.9 Å². The smallest absolute Gasteiger partial charge is 0.0239 e. The molecule has 0 spiro atoms. The van der Waals surface area contributed by atoms with Crippen molar-refractivity contribution in [2.24, 2.45) is 5.92 Å². The van der Waals surface area contributed by atoms with E-state index in [1.807, 2.05) is 0 Å². The fraction of sp³-hybridized carbons (Fsp3) is 0.875. The Morgan fingerprint density at radius 3 is 2.56 bits per heavy atom. The van der Waals surface area contributed by atoms with Crippen LogP contribution in [0.4, 0.5) is 0 Å². The Labute approximate surface area is 60.6 Å². The van der Waals surface area contributed by atoms with Crippen LogP contribution in [0.3, 0.4) is 0 Å². The molecule has 0 radical (unpaired) electrons. The maximum absolute atomic E-state index is 2.46. The summed E-state index contributed by atoms with van der Waals surface area (Å²) in [5.41, 5.74) is 0. The third kappa shape index (κ3) is 3.74. The minimum atomic E-state index is 0.571. The third-order valence-corrected chi connectivity index (χ3v) is 2.63. The van der Waals surface area contributed by atoms with Crippen LogP contribution < -0.4 is 0 Å².